The van der Waals surface area contributed by atoms with Crippen molar-refractivity contribution in [3.8, 4) is 6.07 Å². The molecule has 4 heteroatoms. The molecule has 0 atom stereocenters. The molecule has 1 saturated carbocycles. The topological polar surface area (TPSA) is 56.1 Å². The molecule has 15 heavy (non-hydrogen) atoms. The van der Waals surface area contributed by atoms with Crippen LogP contribution in [0.15, 0.2) is 0 Å². The lowest BCUT2D eigenvalue weighted by Crippen LogP contribution is -2.38. The van der Waals surface area contributed by atoms with Crippen LogP contribution in [0.5, 0.6) is 0 Å². The molecule has 0 aromatic carbocycles. The van der Waals surface area contributed by atoms with Gasteiger partial charge in [-0.1, -0.05) is 6.92 Å². The Morgan fingerprint density at radius 2 is 2.33 bits per heavy atom. The Balaban J connectivity index is 2.11. The van der Waals surface area contributed by atoms with Gasteiger partial charge in [-0.2, -0.15) is 5.26 Å². The van der Waals surface area contributed by atoms with E-state index in [2.05, 4.69) is 11.4 Å². The Kier molecular flexibility index (Phi) is 5.13. The maximum atomic E-state index is 11.5. The van der Waals surface area contributed by atoms with Gasteiger partial charge < -0.3 is 5.32 Å². The van der Waals surface area contributed by atoms with Gasteiger partial charge >= 0.3 is 0 Å². The minimum Gasteiger partial charge on any atom is -0.355 e. The van der Waals surface area contributed by atoms with Crippen LogP contribution in [-0.2, 0) is 4.79 Å². The lowest BCUT2D eigenvalue weighted by molar-refractivity contribution is -0.122. The van der Waals surface area contributed by atoms with Crippen molar-refractivity contribution in [3.05, 3.63) is 0 Å². The molecule has 0 aromatic heterocycles. The van der Waals surface area contributed by atoms with Crippen LogP contribution in [-0.4, -0.2) is 37.0 Å². The van der Waals surface area contributed by atoms with E-state index in [9.17, 15) is 4.79 Å². The van der Waals surface area contributed by atoms with Crippen LogP contribution in [0.3, 0.4) is 0 Å². The molecule has 0 radical (unpaired) electrons. The van der Waals surface area contributed by atoms with Crippen molar-refractivity contribution < 1.29 is 4.79 Å². The van der Waals surface area contributed by atoms with Crippen molar-refractivity contribution >= 4 is 5.91 Å². The van der Waals surface area contributed by atoms with Gasteiger partial charge in [0.1, 0.15) is 0 Å². The normalized spacial score (nSPS) is 15.0. The minimum absolute atomic E-state index is 0.0849. The van der Waals surface area contributed by atoms with E-state index in [1.54, 1.807) is 0 Å². The average molecular weight is 209 g/mol. The molecule has 84 valence electrons. The summed E-state index contributed by atoms with van der Waals surface area (Å²) in [6.07, 6.45) is 3.00. The number of nitrogens with zero attached hydrogens (tertiary/aromatic N) is 2. The summed E-state index contributed by atoms with van der Waals surface area (Å²) in [7, 11) is 0. The molecule has 1 fully saturated rings. The number of rotatable bonds is 7. The van der Waals surface area contributed by atoms with E-state index in [1.165, 1.54) is 12.8 Å². The van der Waals surface area contributed by atoms with Crippen molar-refractivity contribution in [1.29, 1.82) is 5.26 Å². The molecule has 0 unspecified atom stereocenters. The molecule has 0 saturated heterocycles. The van der Waals surface area contributed by atoms with Gasteiger partial charge in [0.25, 0.3) is 0 Å². The fourth-order valence-electron chi connectivity index (χ4n) is 1.40. The molecule has 1 aliphatic carbocycles. The maximum Gasteiger partial charge on any atom is 0.234 e. The second kappa shape index (κ2) is 6.41. The number of hydrogen-bond acceptors (Lipinski definition) is 3. The van der Waals surface area contributed by atoms with Gasteiger partial charge in [-0.05, 0) is 25.3 Å². The summed E-state index contributed by atoms with van der Waals surface area (Å²) in [5.74, 6) is 0.810. The van der Waals surface area contributed by atoms with Crippen molar-refractivity contribution in [1.82, 2.24) is 10.2 Å². The molecule has 0 heterocycles. The van der Waals surface area contributed by atoms with E-state index in [1.807, 2.05) is 11.8 Å². The highest BCUT2D eigenvalue weighted by Crippen LogP contribution is 2.27. The molecular formula is C11H19N3O. The summed E-state index contributed by atoms with van der Waals surface area (Å²) >= 11 is 0. The summed E-state index contributed by atoms with van der Waals surface area (Å²) in [6, 6.07) is 2.09. The Morgan fingerprint density at radius 3 is 2.87 bits per heavy atom. The van der Waals surface area contributed by atoms with E-state index >= 15 is 0 Å². The van der Waals surface area contributed by atoms with Gasteiger partial charge in [-0.15, -0.1) is 0 Å². The SMILES string of the molecule is CCN(CCC#N)CC(=O)NCC1CC1. The van der Waals surface area contributed by atoms with Crippen molar-refractivity contribution in [2.45, 2.75) is 26.2 Å². The Labute approximate surface area is 91.2 Å². The molecule has 0 spiro atoms. The number of nitrogens with one attached hydrogen (secondary N) is 1. The van der Waals surface area contributed by atoms with E-state index < -0.39 is 0 Å². The van der Waals surface area contributed by atoms with Crippen molar-refractivity contribution in [2.24, 2.45) is 5.92 Å². The first-order valence-electron chi connectivity index (χ1n) is 5.62. The number of amides is 1. The van der Waals surface area contributed by atoms with E-state index in [0.717, 1.165) is 19.0 Å². The zero-order valence-corrected chi connectivity index (χ0v) is 9.33. The summed E-state index contributed by atoms with van der Waals surface area (Å²) in [4.78, 5) is 13.5. The van der Waals surface area contributed by atoms with Gasteiger partial charge in [0.05, 0.1) is 12.6 Å². The number of hydrogen-bond donors (Lipinski definition) is 1. The van der Waals surface area contributed by atoms with E-state index in [0.29, 0.717) is 19.5 Å². The monoisotopic (exact) mass is 209 g/mol. The summed E-state index contributed by atoms with van der Waals surface area (Å²) in [5.41, 5.74) is 0. The molecule has 1 amide bonds. The van der Waals surface area contributed by atoms with Crippen LogP contribution in [0.25, 0.3) is 0 Å². The van der Waals surface area contributed by atoms with Crippen molar-refractivity contribution in [2.75, 3.05) is 26.2 Å². The lowest BCUT2D eigenvalue weighted by Gasteiger charge is -2.18. The average Bonchev–Trinajstić information content (AvgIpc) is 3.05. The molecule has 0 aliphatic heterocycles. The predicted molar refractivity (Wildman–Crippen MR) is 58.1 cm³/mol. The lowest BCUT2D eigenvalue weighted by atomic mass is 10.3. The highest BCUT2D eigenvalue weighted by molar-refractivity contribution is 5.78. The standard InChI is InChI=1S/C11H19N3O/c1-2-14(7-3-6-12)9-11(15)13-8-10-4-5-10/h10H,2-5,7-9H2,1H3,(H,13,15). The Hall–Kier alpha value is -1.08. The highest BCUT2D eigenvalue weighted by atomic mass is 16.2. The number of likely N-dealkylation sites (N-methyl/N-ethyl adjacent to an activating group) is 1. The van der Waals surface area contributed by atoms with Crippen LogP contribution in [0.1, 0.15) is 26.2 Å². The van der Waals surface area contributed by atoms with E-state index in [-0.39, 0.29) is 5.91 Å². The van der Waals surface area contributed by atoms with Crippen LogP contribution < -0.4 is 5.32 Å². The fraction of sp³-hybridized carbons (Fsp3) is 0.818. The molecule has 0 aromatic rings. The van der Waals surface area contributed by atoms with Gasteiger partial charge in [-0.25, -0.2) is 0 Å². The summed E-state index contributed by atoms with van der Waals surface area (Å²) < 4.78 is 0. The van der Waals surface area contributed by atoms with E-state index in [4.69, 9.17) is 5.26 Å². The van der Waals surface area contributed by atoms with Crippen LogP contribution in [0, 0.1) is 17.2 Å². The molecule has 0 bridgehead atoms. The molecule has 1 aliphatic rings. The zero-order chi connectivity index (χ0) is 11.1. The number of nitriles is 1. The van der Waals surface area contributed by atoms with Gasteiger partial charge in [0.2, 0.25) is 5.91 Å². The first-order chi connectivity index (χ1) is 7.26. The van der Waals surface area contributed by atoms with Crippen LogP contribution >= 0.6 is 0 Å². The van der Waals surface area contributed by atoms with Gasteiger partial charge in [0.15, 0.2) is 0 Å². The molecule has 1 N–H and O–H groups in total. The summed E-state index contributed by atoms with van der Waals surface area (Å²) in [6.45, 7) is 4.76. The highest BCUT2D eigenvalue weighted by Gasteiger charge is 2.21. The Morgan fingerprint density at radius 1 is 1.60 bits per heavy atom. The molecule has 4 nitrogen and oxygen atoms in total. The smallest absolute Gasteiger partial charge is 0.234 e. The third-order valence-corrected chi connectivity index (χ3v) is 2.64. The summed E-state index contributed by atoms with van der Waals surface area (Å²) in [5, 5.41) is 11.4. The Bertz CT molecular complexity index is 243. The van der Waals surface area contributed by atoms with Gasteiger partial charge in [-0.3, -0.25) is 9.69 Å². The number of carbonyl (C=O) groups is 1. The second-order valence-corrected chi connectivity index (χ2v) is 4.02. The predicted octanol–water partition coefficient (Wildman–Crippen LogP) is 0.748. The molecular weight excluding hydrogens is 190 g/mol. The fourth-order valence-corrected chi connectivity index (χ4v) is 1.40. The van der Waals surface area contributed by atoms with Crippen LogP contribution in [0.2, 0.25) is 0 Å². The van der Waals surface area contributed by atoms with Crippen LogP contribution in [0.4, 0.5) is 0 Å². The quantitative estimate of drug-likeness (QED) is 0.673. The molecule has 1 rings (SSSR count). The number of carbonyl (C=O) groups excluding carboxylic acids is 1. The largest absolute Gasteiger partial charge is 0.355 e. The minimum atomic E-state index is 0.0849. The van der Waals surface area contributed by atoms with Gasteiger partial charge in [0, 0.05) is 19.5 Å². The first-order valence-corrected chi connectivity index (χ1v) is 5.62. The zero-order valence-electron chi connectivity index (χ0n) is 9.33. The maximum absolute atomic E-state index is 11.5. The first kappa shape index (κ1) is 12.0. The van der Waals surface area contributed by atoms with Crippen molar-refractivity contribution in [3.63, 3.8) is 0 Å². The third-order valence-electron chi connectivity index (χ3n) is 2.64. The third kappa shape index (κ3) is 5.38. The second-order valence-electron chi connectivity index (χ2n) is 4.02.